The number of amides is 2. The molecule has 1 fully saturated rings. The monoisotopic (exact) mass is 328 g/mol. The highest BCUT2D eigenvalue weighted by atomic mass is 19.2. The van der Waals surface area contributed by atoms with Gasteiger partial charge in [0.05, 0.1) is 12.2 Å². The van der Waals surface area contributed by atoms with Gasteiger partial charge >= 0.3 is 6.03 Å². The molecule has 5 nitrogen and oxygen atoms in total. The third-order valence-electron chi connectivity index (χ3n) is 4.48. The average molecular weight is 328 g/mol. The van der Waals surface area contributed by atoms with Gasteiger partial charge < -0.3 is 20.1 Å². The molecule has 128 valence electrons. The number of anilines is 1. The van der Waals surface area contributed by atoms with E-state index in [1.165, 1.54) is 13.2 Å². The molecule has 2 N–H and O–H groups in total. The molecule has 1 heterocycles. The molecule has 0 radical (unpaired) electrons. The highest BCUT2D eigenvalue weighted by molar-refractivity contribution is 5.89. The van der Waals surface area contributed by atoms with Gasteiger partial charge in [0.2, 0.25) is 0 Å². The number of nitrogens with zero attached hydrogens (tertiary/aromatic N) is 1. The number of benzene rings is 1. The lowest BCUT2D eigenvalue weighted by Crippen LogP contribution is -2.61. The van der Waals surface area contributed by atoms with Crippen LogP contribution in [0.1, 0.15) is 20.3 Å². The summed E-state index contributed by atoms with van der Waals surface area (Å²) < 4.78 is 31.2. The number of halogens is 2. The summed E-state index contributed by atoms with van der Waals surface area (Å²) in [7, 11) is 1.52. The number of aliphatic hydroxyl groups is 1. The molecule has 1 saturated heterocycles. The molecule has 1 aliphatic rings. The van der Waals surface area contributed by atoms with Gasteiger partial charge in [0.15, 0.2) is 11.6 Å². The number of carbonyl (C=O) groups excluding carboxylic acids is 1. The van der Waals surface area contributed by atoms with E-state index in [4.69, 9.17) is 4.74 Å². The van der Waals surface area contributed by atoms with Gasteiger partial charge in [0, 0.05) is 37.4 Å². The Bertz CT molecular complexity index is 595. The number of likely N-dealkylation sites (tertiary alicyclic amines) is 1. The Kier molecular flexibility index (Phi) is 4.91. The maximum Gasteiger partial charge on any atom is 0.321 e. The molecule has 0 bridgehead atoms. The molecular formula is C16H22F2N2O3. The van der Waals surface area contributed by atoms with Crippen molar-refractivity contribution in [2.24, 2.45) is 5.41 Å². The normalized spacial score (nSPS) is 23.7. The van der Waals surface area contributed by atoms with Gasteiger partial charge in [-0.05, 0) is 18.6 Å². The van der Waals surface area contributed by atoms with E-state index in [2.05, 4.69) is 5.32 Å². The molecule has 2 rings (SSSR count). The quantitative estimate of drug-likeness (QED) is 0.896. The standard InChI is InChI=1S/C16H22F2N2O3/c1-15(2)9-20(7-6-16(15,22)10-23-3)14(21)19-11-4-5-12(17)13(18)8-11/h4-5,8,22H,6-7,9-10H2,1-3H3,(H,19,21). The molecule has 23 heavy (non-hydrogen) atoms. The Balaban J connectivity index is 2.05. The van der Waals surface area contributed by atoms with Crippen molar-refractivity contribution in [2.45, 2.75) is 25.9 Å². The van der Waals surface area contributed by atoms with Crippen LogP contribution in [-0.4, -0.2) is 48.4 Å². The van der Waals surface area contributed by atoms with E-state index in [-0.39, 0.29) is 12.3 Å². The summed E-state index contributed by atoms with van der Waals surface area (Å²) in [6, 6.07) is 2.78. The second kappa shape index (κ2) is 6.41. The summed E-state index contributed by atoms with van der Waals surface area (Å²) in [5.41, 5.74) is -1.39. The zero-order chi connectivity index (χ0) is 17.3. The Morgan fingerprint density at radius 2 is 2.09 bits per heavy atom. The predicted molar refractivity (Wildman–Crippen MR) is 82.2 cm³/mol. The van der Waals surface area contributed by atoms with Crippen molar-refractivity contribution in [3.05, 3.63) is 29.8 Å². The Morgan fingerprint density at radius 1 is 1.39 bits per heavy atom. The van der Waals surface area contributed by atoms with Crippen molar-refractivity contribution in [3.8, 4) is 0 Å². The smallest absolute Gasteiger partial charge is 0.321 e. The van der Waals surface area contributed by atoms with Crippen LogP contribution in [0.2, 0.25) is 0 Å². The number of urea groups is 1. The van der Waals surface area contributed by atoms with Crippen molar-refractivity contribution in [1.82, 2.24) is 4.90 Å². The highest BCUT2D eigenvalue weighted by Gasteiger charge is 2.48. The molecule has 7 heteroatoms. The van der Waals surface area contributed by atoms with E-state index >= 15 is 0 Å². The molecule has 0 spiro atoms. The lowest BCUT2D eigenvalue weighted by molar-refractivity contribution is -0.143. The topological polar surface area (TPSA) is 61.8 Å². The molecule has 0 aromatic heterocycles. The molecule has 1 unspecified atom stereocenters. The van der Waals surface area contributed by atoms with E-state index in [9.17, 15) is 18.7 Å². The minimum atomic E-state index is -1.02. The van der Waals surface area contributed by atoms with Crippen molar-refractivity contribution >= 4 is 11.7 Å². The van der Waals surface area contributed by atoms with Crippen molar-refractivity contribution in [3.63, 3.8) is 0 Å². The Hall–Kier alpha value is -1.73. The predicted octanol–water partition coefficient (Wildman–Crippen LogP) is 2.61. The van der Waals surface area contributed by atoms with Crippen molar-refractivity contribution in [2.75, 3.05) is 32.1 Å². The number of piperidine rings is 1. The van der Waals surface area contributed by atoms with Crippen LogP contribution in [0.4, 0.5) is 19.3 Å². The second-order valence-electron chi connectivity index (χ2n) is 6.58. The number of ether oxygens (including phenoxy) is 1. The third kappa shape index (κ3) is 3.61. The first-order valence-corrected chi connectivity index (χ1v) is 7.41. The molecule has 0 aliphatic carbocycles. The molecule has 1 atom stereocenters. The molecule has 0 saturated carbocycles. The van der Waals surface area contributed by atoms with Crippen molar-refractivity contribution < 1.29 is 23.4 Å². The van der Waals surface area contributed by atoms with Crippen LogP contribution in [0.3, 0.4) is 0 Å². The van der Waals surface area contributed by atoms with E-state index < -0.39 is 28.7 Å². The minimum Gasteiger partial charge on any atom is -0.387 e. The first kappa shape index (κ1) is 17.6. The van der Waals surface area contributed by atoms with Gasteiger partial charge in [0.25, 0.3) is 0 Å². The number of hydrogen-bond acceptors (Lipinski definition) is 3. The summed E-state index contributed by atoms with van der Waals surface area (Å²) in [5.74, 6) is -1.98. The number of nitrogens with one attached hydrogen (secondary N) is 1. The average Bonchev–Trinajstić information content (AvgIpc) is 2.46. The molecule has 1 aliphatic heterocycles. The van der Waals surface area contributed by atoms with Gasteiger partial charge in [-0.2, -0.15) is 0 Å². The number of carbonyl (C=O) groups is 1. The fourth-order valence-corrected chi connectivity index (χ4v) is 2.82. The van der Waals surface area contributed by atoms with Crippen molar-refractivity contribution in [1.29, 1.82) is 0 Å². The number of hydrogen-bond donors (Lipinski definition) is 2. The summed E-state index contributed by atoms with van der Waals surface area (Å²) in [5, 5.41) is 13.2. The summed E-state index contributed by atoms with van der Waals surface area (Å²) in [4.78, 5) is 13.9. The summed E-state index contributed by atoms with van der Waals surface area (Å²) in [6.07, 6.45) is 0.374. The second-order valence-corrected chi connectivity index (χ2v) is 6.58. The number of methoxy groups -OCH3 is 1. The number of rotatable bonds is 3. The zero-order valence-corrected chi connectivity index (χ0v) is 13.5. The van der Waals surface area contributed by atoms with Crippen LogP contribution in [0.25, 0.3) is 0 Å². The van der Waals surface area contributed by atoms with Crippen LogP contribution < -0.4 is 5.32 Å². The third-order valence-corrected chi connectivity index (χ3v) is 4.48. The molecule has 1 aromatic carbocycles. The maximum absolute atomic E-state index is 13.2. The van der Waals surface area contributed by atoms with Gasteiger partial charge in [-0.1, -0.05) is 13.8 Å². The van der Waals surface area contributed by atoms with E-state index in [0.717, 1.165) is 12.1 Å². The van der Waals surface area contributed by atoms with Crippen LogP contribution in [0.5, 0.6) is 0 Å². The Morgan fingerprint density at radius 3 is 2.65 bits per heavy atom. The molecule has 1 aromatic rings. The van der Waals surface area contributed by atoms with Gasteiger partial charge in [0.1, 0.15) is 0 Å². The lowest BCUT2D eigenvalue weighted by Gasteiger charge is -2.49. The summed E-state index contributed by atoms with van der Waals surface area (Å²) >= 11 is 0. The first-order chi connectivity index (χ1) is 10.7. The largest absolute Gasteiger partial charge is 0.387 e. The minimum absolute atomic E-state index is 0.185. The molecule has 2 amide bonds. The van der Waals surface area contributed by atoms with Gasteiger partial charge in [-0.25, -0.2) is 13.6 Å². The van der Waals surface area contributed by atoms with Crippen LogP contribution in [0.15, 0.2) is 18.2 Å². The molecular weight excluding hydrogens is 306 g/mol. The Labute approximate surface area is 134 Å². The van der Waals surface area contributed by atoms with Gasteiger partial charge in [-0.15, -0.1) is 0 Å². The van der Waals surface area contributed by atoms with E-state index in [0.29, 0.717) is 19.5 Å². The van der Waals surface area contributed by atoms with Gasteiger partial charge in [-0.3, -0.25) is 0 Å². The fourth-order valence-electron chi connectivity index (χ4n) is 2.82. The van der Waals surface area contributed by atoms with Crippen LogP contribution >= 0.6 is 0 Å². The van der Waals surface area contributed by atoms with Crippen LogP contribution in [0, 0.1) is 17.0 Å². The first-order valence-electron chi connectivity index (χ1n) is 7.41. The maximum atomic E-state index is 13.2. The van der Waals surface area contributed by atoms with E-state index in [1.807, 2.05) is 13.8 Å². The fraction of sp³-hybridized carbons (Fsp3) is 0.562. The van der Waals surface area contributed by atoms with Crippen LogP contribution in [-0.2, 0) is 4.74 Å². The summed E-state index contributed by atoms with van der Waals surface area (Å²) in [6.45, 7) is 4.59. The van der Waals surface area contributed by atoms with E-state index in [1.54, 1.807) is 4.90 Å². The zero-order valence-electron chi connectivity index (χ0n) is 13.5. The highest BCUT2D eigenvalue weighted by Crippen LogP contribution is 2.39. The SMILES string of the molecule is COCC1(O)CCN(C(=O)Nc2ccc(F)c(F)c2)CC1(C)C. The lowest BCUT2D eigenvalue weighted by atomic mass is 9.70.